The molecule has 108 valence electrons. The molecule has 1 rings (SSSR count). The van der Waals surface area contributed by atoms with Gasteiger partial charge in [0.1, 0.15) is 0 Å². The number of hydrogen-bond donors (Lipinski definition) is 1. The van der Waals surface area contributed by atoms with Crippen molar-refractivity contribution in [2.24, 2.45) is 5.73 Å². The second kappa shape index (κ2) is 8.04. The van der Waals surface area contributed by atoms with Crippen LogP contribution >= 0.6 is 0 Å². The Morgan fingerprint density at radius 2 is 2.16 bits per heavy atom. The number of aromatic nitrogens is 1. The number of pyridine rings is 1. The normalized spacial score (nSPS) is 12.5. The minimum absolute atomic E-state index is 0.00447. The fraction of sp³-hybridized carbons (Fsp3) is 0.615. The van der Waals surface area contributed by atoms with E-state index in [0.717, 1.165) is 0 Å². The van der Waals surface area contributed by atoms with Crippen LogP contribution in [-0.4, -0.2) is 45.0 Å². The smallest absolute Gasteiger partial charge is 0.170 e. The van der Waals surface area contributed by atoms with E-state index in [1.54, 1.807) is 26.5 Å². The van der Waals surface area contributed by atoms with Crippen LogP contribution in [0.3, 0.4) is 0 Å². The number of ether oxygens (including phenoxy) is 2. The number of halogens is 1. The molecule has 0 aliphatic rings. The van der Waals surface area contributed by atoms with Crippen LogP contribution in [-0.2, 0) is 16.0 Å². The van der Waals surface area contributed by atoms with Crippen molar-refractivity contribution in [3.05, 3.63) is 23.6 Å². The highest BCUT2D eigenvalue weighted by molar-refractivity contribution is 5.44. The van der Waals surface area contributed by atoms with Gasteiger partial charge in [0, 0.05) is 39.1 Å². The van der Waals surface area contributed by atoms with Crippen LogP contribution in [0, 0.1) is 5.82 Å². The van der Waals surface area contributed by atoms with Crippen LogP contribution in [0.5, 0.6) is 0 Å². The van der Waals surface area contributed by atoms with E-state index in [2.05, 4.69) is 4.98 Å². The monoisotopic (exact) mass is 271 g/mol. The zero-order valence-corrected chi connectivity index (χ0v) is 11.7. The number of methoxy groups -OCH3 is 2. The minimum atomic E-state index is -0.371. The zero-order chi connectivity index (χ0) is 14.3. The summed E-state index contributed by atoms with van der Waals surface area (Å²) in [4.78, 5) is 5.96. The molecule has 0 aliphatic carbocycles. The molecule has 5 nitrogen and oxygen atoms in total. The molecule has 0 radical (unpaired) electrons. The van der Waals surface area contributed by atoms with Gasteiger partial charge in [0.05, 0.1) is 19.3 Å². The van der Waals surface area contributed by atoms with E-state index in [1.807, 2.05) is 11.8 Å². The molecule has 0 aliphatic heterocycles. The maximum absolute atomic E-state index is 14.3. The fourth-order valence-corrected chi connectivity index (χ4v) is 1.89. The first-order valence-electron chi connectivity index (χ1n) is 6.23. The van der Waals surface area contributed by atoms with Gasteiger partial charge in [-0.25, -0.2) is 9.37 Å². The van der Waals surface area contributed by atoms with Crippen molar-refractivity contribution in [1.82, 2.24) is 4.98 Å². The number of nitrogens with two attached hydrogens (primary N) is 1. The Hall–Kier alpha value is -1.24. The molecular formula is C13H22FN3O2. The summed E-state index contributed by atoms with van der Waals surface area (Å²) in [7, 11) is 3.23. The number of hydrogen-bond acceptors (Lipinski definition) is 5. The molecule has 0 fully saturated rings. The second-order valence-electron chi connectivity index (χ2n) is 4.30. The van der Waals surface area contributed by atoms with Crippen molar-refractivity contribution in [2.75, 3.05) is 38.9 Å². The third kappa shape index (κ3) is 4.12. The lowest BCUT2D eigenvalue weighted by atomic mass is 10.2. The lowest BCUT2D eigenvalue weighted by Crippen LogP contribution is -2.40. The van der Waals surface area contributed by atoms with E-state index in [0.29, 0.717) is 31.1 Å². The summed E-state index contributed by atoms with van der Waals surface area (Å²) < 4.78 is 24.5. The summed E-state index contributed by atoms with van der Waals surface area (Å²) in [6.07, 6.45) is 1.57. The average molecular weight is 271 g/mol. The Balaban J connectivity index is 3.02. The first-order chi connectivity index (χ1) is 9.15. The Bertz CT molecular complexity index is 390. The maximum Gasteiger partial charge on any atom is 0.170 e. The molecule has 2 N–H and O–H groups in total. The third-order valence-electron chi connectivity index (χ3n) is 2.92. The topological polar surface area (TPSA) is 60.6 Å². The van der Waals surface area contributed by atoms with Gasteiger partial charge in [0.25, 0.3) is 0 Å². The molecule has 0 saturated carbocycles. The summed E-state index contributed by atoms with van der Waals surface area (Å²) in [6.45, 7) is 3.62. The van der Waals surface area contributed by atoms with E-state index in [1.165, 1.54) is 0 Å². The van der Waals surface area contributed by atoms with Crippen molar-refractivity contribution in [3.63, 3.8) is 0 Å². The van der Waals surface area contributed by atoms with Gasteiger partial charge in [-0.15, -0.1) is 0 Å². The van der Waals surface area contributed by atoms with Crippen LogP contribution in [0.1, 0.15) is 12.5 Å². The Morgan fingerprint density at radius 1 is 1.42 bits per heavy atom. The van der Waals surface area contributed by atoms with E-state index in [4.69, 9.17) is 15.2 Å². The first-order valence-corrected chi connectivity index (χ1v) is 6.23. The molecular weight excluding hydrogens is 249 g/mol. The SMILES string of the molecule is COCCN(c1nccc(CN)c1F)C(C)COC. The van der Waals surface area contributed by atoms with Gasteiger partial charge < -0.3 is 20.1 Å². The molecule has 6 heteroatoms. The number of rotatable bonds is 8. The van der Waals surface area contributed by atoms with Gasteiger partial charge in [0.15, 0.2) is 11.6 Å². The van der Waals surface area contributed by atoms with Gasteiger partial charge in [0.2, 0.25) is 0 Å². The van der Waals surface area contributed by atoms with Gasteiger partial charge >= 0.3 is 0 Å². The molecule has 1 unspecified atom stereocenters. The molecule has 0 aromatic carbocycles. The van der Waals surface area contributed by atoms with E-state index in [-0.39, 0.29) is 18.4 Å². The second-order valence-corrected chi connectivity index (χ2v) is 4.30. The molecule has 1 aromatic rings. The standard InChI is InChI=1S/C13H22FN3O2/c1-10(9-19-3)17(6-7-18-2)13-12(14)11(8-15)4-5-16-13/h4-5,10H,6-9,15H2,1-3H3. The molecule has 0 bridgehead atoms. The summed E-state index contributed by atoms with van der Waals surface area (Å²) in [5.74, 6) is -0.0754. The average Bonchev–Trinajstić information content (AvgIpc) is 2.41. The predicted molar refractivity (Wildman–Crippen MR) is 72.6 cm³/mol. The van der Waals surface area contributed by atoms with E-state index >= 15 is 0 Å². The van der Waals surface area contributed by atoms with Gasteiger partial charge in [-0.1, -0.05) is 0 Å². The Kier molecular flexibility index (Phi) is 6.69. The van der Waals surface area contributed by atoms with Crippen molar-refractivity contribution < 1.29 is 13.9 Å². The largest absolute Gasteiger partial charge is 0.383 e. The van der Waals surface area contributed by atoms with Crippen LogP contribution in [0.15, 0.2) is 12.3 Å². The first kappa shape index (κ1) is 15.8. The van der Waals surface area contributed by atoms with Crippen LogP contribution in [0.4, 0.5) is 10.2 Å². The van der Waals surface area contributed by atoms with Gasteiger partial charge in [-0.2, -0.15) is 0 Å². The molecule has 0 amide bonds. The highest BCUT2D eigenvalue weighted by Crippen LogP contribution is 2.21. The summed E-state index contributed by atoms with van der Waals surface area (Å²) in [5.41, 5.74) is 5.97. The van der Waals surface area contributed by atoms with Gasteiger partial charge in [-0.05, 0) is 13.0 Å². The van der Waals surface area contributed by atoms with Crippen molar-refractivity contribution >= 4 is 5.82 Å². The van der Waals surface area contributed by atoms with E-state index in [9.17, 15) is 4.39 Å². The van der Waals surface area contributed by atoms with Crippen LogP contribution in [0.25, 0.3) is 0 Å². The quantitative estimate of drug-likeness (QED) is 0.769. The van der Waals surface area contributed by atoms with Crippen LogP contribution in [0.2, 0.25) is 0 Å². The summed E-state index contributed by atoms with van der Waals surface area (Å²) in [5, 5.41) is 0. The maximum atomic E-state index is 14.3. The lowest BCUT2D eigenvalue weighted by molar-refractivity contribution is 0.170. The Labute approximate surface area is 113 Å². The summed E-state index contributed by atoms with van der Waals surface area (Å²) in [6, 6.07) is 1.59. The van der Waals surface area contributed by atoms with E-state index < -0.39 is 0 Å². The minimum Gasteiger partial charge on any atom is -0.383 e. The van der Waals surface area contributed by atoms with Crippen molar-refractivity contribution in [2.45, 2.75) is 19.5 Å². The highest BCUT2D eigenvalue weighted by Gasteiger charge is 2.20. The lowest BCUT2D eigenvalue weighted by Gasteiger charge is -2.30. The number of anilines is 1. The molecule has 1 aromatic heterocycles. The summed E-state index contributed by atoms with van der Waals surface area (Å²) >= 11 is 0. The molecule has 1 heterocycles. The molecule has 19 heavy (non-hydrogen) atoms. The molecule has 1 atom stereocenters. The van der Waals surface area contributed by atoms with Gasteiger partial charge in [-0.3, -0.25) is 0 Å². The number of nitrogens with zero attached hydrogens (tertiary/aromatic N) is 2. The zero-order valence-electron chi connectivity index (χ0n) is 11.7. The Morgan fingerprint density at radius 3 is 2.74 bits per heavy atom. The predicted octanol–water partition coefficient (Wildman–Crippen LogP) is 1.17. The van der Waals surface area contributed by atoms with Crippen LogP contribution < -0.4 is 10.6 Å². The van der Waals surface area contributed by atoms with Crippen molar-refractivity contribution in [3.8, 4) is 0 Å². The third-order valence-corrected chi connectivity index (χ3v) is 2.92. The molecule has 0 saturated heterocycles. The molecule has 0 spiro atoms. The van der Waals surface area contributed by atoms with Crippen molar-refractivity contribution in [1.29, 1.82) is 0 Å². The fourth-order valence-electron chi connectivity index (χ4n) is 1.89. The highest BCUT2D eigenvalue weighted by atomic mass is 19.1.